The first-order valence-electron chi connectivity index (χ1n) is 8.62. The first kappa shape index (κ1) is 18.4. The van der Waals surface area contributed by atoms with E-state index in [0.717, 1.165) is 58.3 Å². The molecule has 0 saturated carbocycles. The molecule has 122 valence electrons. The van der Waals surface area contributed by atoms with E-state index in [-0.39, 0.29) is 5.54 Å². The molecule has 1 saturated heterocycles. The molecule has 1 aliphatic heterocycles. The molecule has 3 unspecified atom stereocenters. The maximum Gasteiger partial charge on any atom is 0.106 e. The van der Waals surface area contributed by atoms with Gasteiger partial charge in [0.2, 0.25) is 0 Å². The molecule has 21 heavy (non-hydrogen) atoms. The number of nitrogens with one attached hydrogen (secondary N) is 1. The number of nitrogens with zero attached hydrogens (tertiary/aromatic N) is 2. The molecule has 1 N–H and O–H groups in total. The standard InChI is InChI=1S/C17H33N3O/c1-5-10-19-17(7-3,14-18)9-8-11-20-12-15(4)21-13-16(20)6-2/h15-16,19H,5-13H2,1-4H3. The number of rotatable bonds is 9. The van der Waals surface area contributed by atoms with Crippen LogP contribution in [0, 0.1) is 11.3 Å². The average molecular weight is 295 g/mol. The lowest BCUT2D eigenvalue weighted by Gasteiger charge is -2.39. The van der Waals surface area contributed by atoms with Crippen LogP contribution in [0.4, 0.5) is 0 Å². The van der Waals surface area contributed by atoms with Crippen LogP contribution in [0.25, 0.3) is 0 Å². The fourth-order valence-electron chi connectivity index (χ4n) is 3.08. The zero-order valence-corrected chi connectivity index (χ0v) is 14.3. The Labute approximate surface area is 130 Å². The van der Waals surface area contributed by atoms with E-state index >= 15 is 0 Å². The van der Waals surface area contributed by atoms with Gasteiger partial charge in [-0.1, -0.05) is 20.8 Å². The zero-order valence-electron chi connectivity index (χ0n) is 14.3. The first-order valence-corrected chi connectivity index (χ1v) is 8.62. The monoisotopic (exact) mass is 295 g/mol. The lowest BCUT2D eigenvalue weighted by atomic mass is 9.91. The molecule has 0 aromatic carbocycles. The highest BCUT2D eigenvalue weighted by molar-refractivity contribution is 5.06. The maximum absolute atomic E-state index is 9.53. The SMILES string of the molecule is CCCNC(C#N)(CC)CCCN1CC(C)OCC1CC. The fraction of sp³-hybridized carbons (Fsp3) is 0.941. The Morgan fingerprint density at radius 1 is 1.38 bits per heavy atom. The minimum atomic E-state index is -0.338. The Hall–Kier alpha value is -0.630. The van der Waals surface area contributed by atoms with Crippen molar-refractivity contribution in [3.05, 3.63) is 0 Å². The highest BCUT2D eigenvalue weighted by Crippen LogP contribution is 2.20. The van der Waals surface area contributed by atoms with E-state index in [2.05, 4.69) is 44.0 Å². The fourth-order valence-corrected chi connectivity index (χ4v) is 3.08. The first-order chi connectivity index (χ1) is 10.1. The van der Waals surface area contributed by atoms with Crippen LogP contribution in [0.5, 0.6) is 0 Å². The van der Waals surface area contributed by atoms with Crippen LogP contribution >= 0.6 is 0 Å². The molecule has 1 aliphatic rings. The smallest absolute Gasteiger partial charge is 0.106 e. The van der Waals surface area contributed by atoms with E-state index in [9.17, 15) is 5.26 Å². The molecule has 1 fully saturated rings. The predicted octanol–water partition coefficient (Wildman–Crippen LogP) is 2.94. The second kappa shape index (κ2) is 9.40. The molecule has 1 heterocycles. The Kier molecular flexibility index (Phi) is 8.24. The van der Waals surface area contributed by atoms with Gasteiger partial charge in [0.1, 0.15) is 5.54 Å². The van der Waals surface area contributed by atoms with Crippen LogP contribution in [-0.2, 0) is 4.74 Å². The molecule has 0 bridgehead atoms. The second-order valence-corrected chi connectivity index (χ2v) is 6.28. The van der Waals surface area contributed by atoms with Gasteiger partial charge in [-0.25, -0.2) is 0 Å². The summed E-state index contributed by atoms with van der Waals surface area (Å²) < 4.78 is 5.75. The molecular weight excluding hydrogens is 262 g/mol. The summed E-state index contributed by atoms with van der Waals surface area (Å²) >= 11 is 0. The van der Waals surface area contributed by atoms with E-state index in [0.29, 0.717) is 12.1 Å². The Balaban J connectivity index is 2.46. The van der Waals surface area contributed by atoms with E-state index in [1.807, 2.05) is 0 Å². The minimum Gasteiger partial charge on any atom is -0.376 e. The number of hydrogen-bond acceptors (Lipinski definition) is 4. The molecule has 0 amide bonds. The van der Waals surface area contributed by atoms with Crippen molar-refractivity contribution in [2.75, 3.05) is 26.2 Å². The van der Waals surface area contributed by atoms with E-state index in [1.54, 1.807) is 0 Å². The molecule has 0 aromatic rings. The molecule has 0 spiro atoms. The molecule has 1 rings (SSSR count). The van der Waals surface area contributed by atoms with Crippen molar-refractivity contribution in [3.63, 3.8) is 0 Å². The Bertz CT molecular complexity index is 328. The summed E-state index contributed by atoms with van der Waals surface area (Å²) in [6.45, 7) is 12.5. The average Bonchev–Trinajstić information content (AvgIpc) is 2.51. The van der Waals surface area contributed by atoms with Crippen LogP contribution in [0.3, 0.4) is 0 Å². The van der Waals surface area contributed by atoms with Crippen LogP contribution in [-0.4, -0.2) is 48.8 Å². The van der Waals surface area contributed by atoms with Gasteiger partial charge in [0.05, 0.1) is 18.8 Å². The Morgan fingerprint density at radius 2 is 2.14 bits per heavy atom. The highest BCUT2D eigenvalue weighted by atomic mass is 16.5. The van der Waals surface area contributed by atoms with Crippen molar-refractivity contribution >= 4 is 0 Å². The van der Waals surface area contributed by atoms with Gasteiger partial charge in [-0.15, -0.1) is 0 Å². The number of morpholine rings is 1. The highest BCUT2D eigenvalue weighted by Gasteiger charge is 2.29. The summed E-state index contributed by atoms with van der Waals surface area (Å²) in [5, 5.41) is 13.0. The molecule has 0 radical (unpaired) electrons. The van der Waals surface area contributed by atoms with Crippen molar-refractivity contribution in [2.45, 2.75) is 77.5 Å². The van der Waals surface area contributed by atoms with E-state index < -0.39 is 0 Å². The molecular formula is C17H33N3O. The van der Waals surface area contributed by atoms with Crippen molar-refractivity contribution in [1.82, 2.24) is 10.2 Å². The minimum absolute atomic E-state index is 0.331. The van der Waals surface area contributed by atoms with Crippen LogP contribution in [0.1, 0.15) is 59.8 Å². The van der Waals surface area contributed by atoms with Crippen LogP contribution in [0.2, 0.25) is 0 Å². The molecule has 3 atom stereocenters. The van der Waals surface area contributed by atoms with Gasteiger partial charge in [0, 0.05) is 12.6 Å². The summed E-state index contributed by atoms with van der Waals surface area (Å²) in [5.41, 5.74) is -0.338. The third kappa shape index (κ3) is 5.58. The van der Waals surface area contributed by atoms with Gasteiger partial charge in [-0.3, -0.25) is 10.2 Å². The van der Waals surface area contributed by atoms with Gasteiger partial charge < -0.3 is 4.74 Å². The second-order valence-electron chi connectivity index (χ2n) is 6.28. The normalized spacial score (nSPS) is 26.2. The maximum atomic E-state index is 9.53. The number of ether oxygens (including phenoxy) is 1. The summed E-state index contributed by atoms with van der Waals surface area (Å²) in [4.78, 5) is 2.55. The van der Waals surface area contributed by atoms with Gasteiger partial charge in [0.15, 0.2) is 0 Å². The van der Waals surface area contributed by atoms with Gasteiger partial charge in [-0.2, -0.15) is 5.26 Å². The van der Waals surface area contributed by atoms with Gasteiger partial charge >= 0.3 is 0 Å². The van der Waals surface area contributed by atoms with Crippen molar-refractivity contribution in [2.24, 2.45) is 0 Å². The molecule has 4 nitrogen and oxygen atoms in total. The van der Waals surface area contributed by atoms with Crippen LogP contribution in [0.15, 0.2) is 0 Å². The molecule has 0 aromatic heterocycles. The molecule has 4 heteroatoms. The predicted molar refractivity (Wildman–Crippen MR) is 87.2 cm³/mol. The van der Waals surface area contributed by atoms with Crippen molar-refractivity contribution in [1.29, 1.82) is 5.26 Å². The number of nitriles is 1. The van der Waals surface area contributed by atoms with Crippen LogP contribution < -0.4 is 5.32 Å². The van der Waals surface area contributed by atoms with Crippen molar-refractivity contribution < 1.29 is 4.74 Å². The summed E-state index contributed by atoms with van der Waals surface area (Å²) in [7, 11) is 0. The summed E-state index contributed by atoms with van der Waals surface area (Å²) in [6.07, 6.45) is 5.42. The van der Waals surface area contributed by atoms with E-state index in [1.165, 1.54) is 0 Å². The van der Waals surface area contributed by atoms with Gasteiger partial charge in [-0.05, 0) is 52.1 Å². The third-order valence-electron chi connectivity index (χ3n) is 4.63. The van der Waals surface area contributed by atoms with E-state index in [4.69, 9.17) is 4.74 Å². The quantitative estimate of drug-likeness (QED) is 0.710. The summed E-state index contributed by atoms with van der Waals surface area (Å²) in [5.74, 6) is 0. The lowest BCUT2D eigenvalue weighted by molar-refractivity contribution is -0.0564. The molecule has 0 aliphatic carbocycles. The third-order valence-corrected chi connectivity index (χ3v) is 4.63. The zero-order chi connectivity index (χ0) is 15.7. The summed E-state index contributed by atoms with van der Waals surface area (Å²) in [6, 6.07) is 3.06. The number of hydrogen-bond donors (Lipinski definition) is 1. The van der Waals surface area contributed by atoms with Crippen molar-refractivity contribution in [3.8, 4) is 6.07 Å². The topological polar surface area (TPSA) is 48.3 Å². The lowest BCUT2D eigenvalue weighted by Crippen LogP contribution is -2.49. The largest absolute Gasteiger partial charge is 0.376 e. The Morgan fingerprint density at radius 3 is 2.71 bits per heavy atom. The van der Waals surface area contributed by atoms with Gasteiger partial charge in [0.25, 0.3) is 0 Å².